The first-order chi connectivity index (χ1) is 9.40. The van der Waals surface area contributed by atoms with Crippen LogP contribution in [0, 0.1) is 0 Å². The summed E-state index contributed by atoms with van der Waals surface area (Å²) in [5, 5.41) is 20.3. The monoisotopic (exact) mass is 320 g/mol. The lowest BCUT2D eigenvalue weighted by Gasteiger charge is -2.15. The van der Waals surface area contributed by atoms with E-state index in [0.717, 1.165) is 11.3 Å². The van der Waals surface area contributed by atoms with E-state index in [4.69, 9.17) is 0 Å². The van der Waals surface area contributed by atoms with Crippen LogP contribution in [-0.2, 0) is 14.8 Å². The van der Waals surface area contributed by atoms with Crippen LogP contribution in [0.15, 0.2) is 21.7 Å². The molecule has 9 heteroatoms. The molecule has 3 N–H and O–H groups in total. The molecule has 2 rings (SSSR count). The highest BCUT2D eigenvalue weighted by Crippen LogP contribution is 2.15. The van der Waals surface area contributed by atoms with Gasteiger partial charge in [-0.2, -0.15) is 0 Å². The van der Waals surface area contributed by atoms with Gasteiger partial charge in [0.1, 0.15) is 4.21 Å². The zero-order valence-corrected chi connectivity index (χ0v) is 12.2. The van der Waals surface area contributed by atoms with Crippen LogP contribution in [0.4, 0.5) is 0 Å². The Morgan fingerprint density at radius 3 is 2.60 bits per heavy atom. The summed E-state index contributed by atoms with van der Waals surface area (Å²) >= 11 is 1.10. The summed E-state index contributed by atoms with van der Waals surface area (Å²) < 4.78 is 26.1. The van der Waals surface area contributed by atoms with Gasteiger partial charge in [-0.25, -0.2) is 13.1 Å². The predicted molar refractivity (Wildman–Crippen MR) is 72.7 cm³/mol. The normalized spacial score (nSPS) is 23.2. The molecule has 112 valence electrons. The van der Waals surface area contributed by atoms with E-state index in [-0.39, 0.29) is 36.2 Å². The van der Waals surface area contributed by atoms with Crippen molar-refractivity contribution in [2.24, 2.45) is 0 Å². The van der Waals surface area contributed by atoms with Crippen molar-refractivity contribution >= 4 is 27.3 Å². The van der Waals surface area contributed by atoms with Crippen molar-refractivity contribution in [3.63, 3.8) is 0 Å². The number of nitrogens with zero attached hydrogens (tertiary/aromatic N) is 1. The SMILES string of the molecule is O=C(CCNS(=O)(=O)c1cccs1)N1C[C@@H](O)[C@@H](O)C1. The van der Waals surface area contributed by atoms with E-state index in [1.54, 1.807) is 11.4 Å². The third-order valence-electron chi connectivity index (χ3n) is 3.00. The van der Waals surface area contributed by atoms with Gasteiger partial charge in [0.15, 0.2) is 0 Å². The molecule has 0 aliphatic carbocycles. The minimum absolute atomic E-state index is 0.00988. The Morgan fingerprint density at radius 2 is 2.05 bits per heavy atom. The molecule has 1 saturated heterocycles. The summed E-state index contributed by atoms with van der Waals surface area (Å²) in [6.07, 6.45) is -1.87. The van der Waals surface area contributed by atoms with E-state index < -0.39 is 22.2 Å². The third-order valence-corrected chi connectivity index (χ3v) is 5.86. The lowest BCUT2D eigenvalue weighted by Crippen LogP contribution is -2.33. The highest BCUT2D eigenvalue weighted by atomic mass is 32.2. The number of aliphatic hydroxyl groups is 2. The van der Waals surface area contributed by atoms with E-state index in [9.17, 15) is 23.4 Å². The summed E-state index contributed by atoms with van der Waals surface area (Å²) in [6.45, 7) is 0.150. The summed E-state index contributed by atoms with van der Waals surface area (Å²) in [6, 6.07) is 3.12. The maximum Gasteiger partial charge on any atom is 0.250 e. The highest BCUT2D eigenvalue weighted by Gasteiger charge is 2.32. The van der Waals surface area contributed by atoms with E-state index in [2.05, 4.69) is 4.72 Å². The van der Waals surface area contributed by atoms with Gasteiger partial charge in [-0.1, -0.05) is 6.07 Å². The van der Waals surface area contributed by atoms with Crippen LogP contribution < -0.4 is 4.72 Å². The van der Waals surface area contributed by atoms with Gasteiger partial charge < -0.3 is 15.1 Å². The van der Waals surface area contributed by atoms with E-state index in [1.807, 2.05) is 0 Å². The van der Waals surface area contributed by atoms with Crippen LogP contribution in [0.1, 0.15) is 6.42 Å². The largest absolute Gasteiger partial charge is 0.388 e. The maximum absolute atomic E-state index is 11.8. The lowest BCUT2D eigenvalue weighted by molar-refractivity contribution is -0.130. The number of amides is 1. The Balaban J connectivity index is 1.80. The van der Waals surface area contributed by atoms with Crippen molar-refractivity contribution in [1.29, 1.82) is 0 Å². The van der Waals surface area contributed by atoms with Crippen LogP contribution in [0.3, 0.4) is 0 Å². The molecule has 0 bridgehead atoms. The van der Waals surface area contributed by atoms with Crippen molar-refractivity contribution in [3.05, 3.63) is 17.5 Å². The van der Waals surface area contributed by atoms with Crippen molar-refractivity contribution < 1.29 is 23.4 Å². The van der Waals surface area contributed by atoms with Gasteiger partial charge in [0.2, 0.25) is 15.9 Å². The zero-order chi connectivity index (χ0) is 14.8. The molecule has 1 amide bonds. The number of β-amino-alcohol motifs (C(OH)–C–C–N with tert-alkyl or cyclic N) is 2. The molecule has 1 fully saturated rings. The molecule has 20 heavy (non-hydrogen) atoms. The van der Waals surface area contributed by atoms with Crippen molar-refractivity contribution in [2.45, 2.75) is 22.8 Å². The average Bonchev–Trinajstić information content (AvgIpc) is 3.00. The summed E-state index contributed by atoms with van der Waals surface area (Å²) in [5.41, 5.74) is 0. The number of sulfonamides is 1. The minimum Gasteiger partial charge on any atom is -0.388 e. The fraction of sp³-hybridized carbons (Fsp3) is 0.545. The molecule has 0 saturated carbocycles. The number of thiophene rings is 1. The van der Waals surface area contributed by atoms with Gasteiger partial charge >= 0.3 is 0 Å². The fourth-order valence-electron chi connectivity index (χ4n) is 1.91. The number of hydrogen-bond acceptors (Lipinski definition) is 6. The summed E-state index contributed by atoms with van der Waals surface area (Å²) in [7, 11) is -3.56. The van der Waals surface area contributed by atoms with Crippen LogP contribution in [0.25, 0.3) is 0 Å². The molecule has 1 aromatic rings. The minimum atomic E-state index is -3.56. The summed E-state index contributed by atoms with van der Waals surface area (Å²) in [4.78, 5) is 13.1. The number of aliphatic hydroxyl groups excluding tert-OH is 2. The lowest BCUT2D eigenvalue weighted by atomic mass is 10.3. The average molecular weight is 320 g/mol. The number of carbonyl (C=O) groups excluding carboxylic acids is 1. The Morgan fingerprint density at radius 1 is 1.40 bits per heavy atom. The molecule has 0 aromatic carbocycles. The van der Waals surface area contributed by atoms with Crippen LogP contribution >= 0.6 is 11.3 Å². The smallest absolute Gasteiger partial charge is 0.250 e. The molecule has 0 radical (unpaired) electrons. The first-order valence-electron chi connectivity index (χ1n) is 6.07. The van der Waals surface area contributed by atoms with Gasteiger partial charge in [0.05, 0.1) is 12.2 Å². The number of nitrogens with one attached hydrogen (secondary N) is 1. The first kappa shape index (κ1) is 15.4. The van der Waals surface area contributed by atoms with E-state index in [1.165, 1.54) is 11.0 Å². The van der Waals surface area contributed by atoms with Crippen LogP contribution in [0.2, 0.25) is 0 Å². The molecule has 1 aliphatic heterocycles. The van der Waals surface area contributed by atoms with Gasteiger partial charge in [-0.15, -0.1) is 11.3 Å². The van der Waals surface area contributed by atoms with Gasteiger partial charge in [0.25, 0.3) is 0 Å². The number of carbonyl (C=O) groups is 1. The molecule has 2 atom stereocenters. The van der Waals surface area contributed by atoms with Crippen LogP contribution in [0.5, 0.6) is 0 Å². The molecule has 7 nitrogen and oxygen atoms in total. The molecule has 1 aromatic heterocycles. The van der Waals surface area contributed by atoms with Crippen molar-refractivity contribution in [3.8, 4) is 0 Å². The Kier molecular flexibility index (Phi) is 4.76. The molecular weight excluding hydrogens is 304 g/mol. The van der Waals surface area contributed by atoms with Gasteiger partial charge in [-0.05, 0) is 11.4 Å². The quantitative estimate of drug-likeness (QED) is 0.644. The molecule has 0 unspecified atom stereocenters. The summed E-state index contributed by atoms with van der Waals surface area (Å²) in [5.74, 6) is -0.297. The third kappa shape index (κ3) is 3.55. The highest BCUT2D eigenvalue weighted by molar-refractivity contribution is 7.91. The Labute approximate surface area is 120 Å². The Hall–Kier alpha value is -1.00. The maximum atomic E-state index is 11.8. The first-order valence-corrected chi connectivity index (χ1v) is 8.43. The molecule has 2 heterocycles. The van der Waals surface area contributed by atoms with Crippen molar-refractivity contribution in [2.75, 3.05) is 19.6 Å². The second kappa shape index (κ2) is 6.19. The van der Waals surface area contributed by atoms with Gasteiger partial charge in [0, 0.05) is 26.1 Å². The second-order valence-electron chi connectivity index (χ2n) is 4.51. The number of hydrogen-bond donors (Lipinski definition) is 3. The van der Waals surface area contributed by atoms with E-state index >= 15 is 0 Å². The standard InChI is InChI=1S/C11H16N2O5S2/c14-8-6-13(7-9(8)15)10(16)3-4-12-20(17,18)11-2-1-5-19-11/h1-2,5,8-9,12,14-15H,3-4,6-7H2/t8-,9+. The number of rotatable bonds is 5. The Bertz CT molecular complexity index is 547. The predicted octanol–water partition coefficient (Wildman–Crippen LogP) is -1.02. The fourth-order valence-corrected chi connectivity index (χ4v) is 3.98. The molecular formula is C11H16N2O5S2. The number of likely N-dealkylation sites (tertiary alicyclic amines) is 1. The zero-order valence-electron chi connectivity index (χ0n) is 10.6. The topological polar surface area (TPSA) is 107 Å². The molecule has 0 spiro atoms. The van der Waals surface area contributed by atoms with Crippen LogP contribution in [-0.4, -0.2) is 61.3 Å². The second-order valence-corrected chi connectivity index (χ2v) is 7.45. The van der Waals surface area contributed by atoms with Crippen molar-refractivity contribution in [1.82, 2.24) is 9.62 Å². The van der Waals surface area contributed by atoms with E-state index in [0.29, 0.717) is 0 Å². The van der Waals surface area contributed by atoms with Gasteiger partial charge in [-0.3, -0.25) is 4.79 Å². The molecule has 1 aliphatic rings.